The molecule has 1 aliphatic heterocycles. The van der Waals surface area contributed by atoms with Crippen LogP contribution in [0.3, 0.4) is 0 Å². The molecule has 0 N–H and O–H groups in total. The first-order valence-corrected chi connectivity index (χ1v) is 9.57. The third kappa shape index (κ3) is 3.88. The molecule has 3 aromatic rings. The number of carbonyl (C=O) groups is 1. The SMILES string of the molecule is CN1C(=O)/C(=C\c2ccc(-c3ccc(Cl)cc3)o2)SC1=Nc1ccc(F)cc1. The lowest BCUT2D eigenvalue weighted by atomic mass is 10.2. The number of benzene rings is 2. The van der Waals surface area contributed by atoms with Crippen molar-refractivity contribution in [2.75, 3.05) is 7.05 Å². The van der Waals surface area contributed by atoms with Crippen LogP contribution >= 0.6 is 23.4 Å². The lowest BCUT2D eigenvalue weighted by Crippen LogP contribution is -2.23. The first-order chi connectivity index (χ1) is 13.5. The number of furan rings is 1. The van der Waals surface area contributed by atoms with Crippen molar-refractivity contribution >= 4 is 46.2 Å². The van der Waals surface area contributed by atoms with E-state index in [0.29, 0.717) is 32.3 Å². The van der Waals surface area contributed by atoms with Crippen LogP contribution in [0, 0.1) is 5.82 Å². The van der Waals surface area contributed by atoms with E-state index in [4.69, 9.17) is 16.0 Å². The average Bonchev–Trinajstić information content (AvgIpc) is 3.25. The van der Waals surface area contributed by atoms with Crippen molar-refractivity contribution in [1.82, 2.24) is 4.90 Å². The summed E-state index contributed by atoms with van der Waals surface area (Å²) in [6.07, 6.45) is 1.69. The minimum absolute atomic E-state index is 0.171. The van der Waals surface area contributed by atoms with Gasteiger partial charge < -0.3 is 4.42 Å². The van der Waals surface area contributed by atoms with E-state index in [1.54, 1.807) is 43.5 Å². The summed E-state index contributed by atoms with van der Waals surface area (Å²) in [5.74, 6) is 0.752. The van der Waals surface area contributed by atoms with E-state index in [-0.39, 0.29) is 11.7 Å². The van der Waals surface area contributed by atoms with Crippen LogP contribution in [0.25, 0.3) is 17.4 Å². The smallest absolute Gasteiger partial charge is 0.266 e. The summed E-state index contributed by atoms with van der Waals surface area (Å²) >= 11 is 7.16. The Morgan fingerprint density at radius 2 is 1.79 bits per heavy atom. The Morgan fingerprint density at radius 3 is 2.50 bits per heavy atom. The van der Waals surface area contributed by atoms with Gasteiger partial charge >= 0.3 is 0 Å². The van der Waals surface area contributed by atoms with Gasteiger partial charge in [-0.25, -0.2) is 9.38 Å². The Kier molecular flexibility index (Phi) is 5.07. The predicted molar refractivity (Wildman–Crippen MR) is 111 cm³/mol. The van der Waals surface area contributed by atoms with Crippen molar-refractivity contribution in [2.24, 2.45) is 4.99 Å². The molecule has 0 radical (unpaired) electrons. The van der Waals surface area contributed by atoms with Gasteiger partial charge in [-0.05, 0) is 72.4 Å². The van der Waals surface area contributed by atoms with Gasteiger partial charge in [-0.3, -0.25) is 9.69 Å². The van der Waals surface area contributed by atoms with E-state index >= 15 is 0 Å². The molecule has 140 valence electrons. The van der Waals surface area contributed by atoms with Crippen molar-refractivity contribution < 1.29 is 13.6 Å². The largest absolute Gasteiger partial charge is 0.457 e. The van der Waals surface area contributed by atoms with Gasteiger partial charge in [0.15, 0.2) is 5.17 Å². The highest BCUT2D eigenvalue weighted by molar-refractivity contribution is 8.18. The zero-order chi connectivity index (χ0) is 19.7. The summed E-state index contributed by atoms with van der Waals surface area (Å²) in [4.78, 5) is 18.9. The van der Waals surface area contributed by atoms with Gasteiger partial charge in [-0.2, -0.15) is 0 Å². The third-order valence-corrected chi connectivity index (χ3v) is 5.40. The summed E-state index contributed by atoms with van der Waals surface area (Å²) in [6.45, 7) is 0. The van der Waals surface area contributed by atoms with Gasteiger partial charge in [0, 0.05) is 23.7 Å². The molecule has 0 bridgehead atoms. The summed E-state index contributed by atoms with van der Waals surface area (Å²) in [6, 6.07) is 16.8. The summed E-state index contributed by atoms with van der Waals surface area (Å²) in [5.41, 5.74) is 1.47. The maximum absolute atomic E-state index is 13.0. The normalized spacial score (nSPS) is 17.1. The molecule has 1 aromatic heterocycles. The van der Waals surface area contributed by atoms with Crippen LogP contribution in [0.1, 0.15) is 5.76 Å². The Morgan fingerprint density at radius 1 is 1.07 bits per heavy atom. The third-order valence-electron chi connectivity index (χ3n) is 4.08. The molecule has 0 aliphatic carbocycles. The van der Waals surface area contributed by atoms with Gasteiger partial charge in [0.25, 0.3) is 5.91 Å². The van der Waals surface area contributed by atoms with Crippen LogP contribution < -0.4 is 0 Å². The molecule has 0 unspecified atom stereocenters. The van der Waals surface area contributed by atoms with Crippen molar-refractivity contribution in [3.63, 3.8) is 0 Å². The van der Waals surface area contributed by atoms with Gasteiger partial charge in [0.1, 0.15) is 17.3 Å². The van der Waals surface area contributed by atoms with E-state index in [0.717, 1.165) is 5.56 Å². The zero-order valence-corrected chi connectivity index (χ0v) is 16.3. The predicted octanol–water partition coefficient (Wildman–Crippen LogP) is 5.97. The zero-order valence-electron chi connectivity index (χ0n) is 14.7. The van der Waals surface area contributed by atoms with Gasteiger partial charge in [0.2, 0.25) is 0 Å². The highest BCUT2D eigenvalue weighted by atomic mass is 35.5. The number of halogens is 2. The fourth-order valence-electron chi connectivity index (χ4n) is 2.61. The van der Waals surface area contributed by atoms with Crippen LogP contribution in [0.5, 0.6) is 0 Å². The maximum atomic E-state index is 13.0. The summed E-state index contributed by atoms with van der Waals surface area (Å²) < 4.78 is 18.9. The van der Waals surface area contributed by atoms with Crippen molar-refractivity contribution in [2.45, 2.75) is 0 Å². The van der Waals surface area contributed by atoms with Crippen molar-refractivity contribution in [3.8, 4) is 11.3 Å². The quantitative estimate of drug-likeness (QED) is 0.497. The molecule has 1 saturated heterocycles. The maximum Gasteiger partial charge on any atom is 0.266 e. The average molecular weight is 413 g/mol. The molecular weight excluding hydrogens is 399 g/mol. The van der Waals surface area contributed by atoms with Gasteiger partial charge in [-0.1, -0.05) is 11.6 Å². The number of hydrogen-bond donors (Lipinski definition) is 0. The van der Waals surface area contributed by atoms with E-state index in [1.807, 2.05) is 18.2 Å². The molecule has 0 spiro atoms. The highest BCUT2D eigenvalue weighted by Crippen LogP contribution is 2.34. The number of amides is 1. The van der Waals surface area contributed by atoms with Crippen LogP contribution in [0.2, 0.25) is 5.02 Å². The Hall–Kier alpha value is -2.83. The van der Waals surface area contributed by atoms with Gasteiger partial charge in [0.05, 0.1) is 10.6 Å². The Bertz CT molecular complexity index is 1090. The standard InChI is InChI=1S/C21H14ClFN2O2S/c1-25-20(26)19(28-21(25)24-16-8-6-15(23)7-9-16)12-17-10-11-18(27-17)13-2-4-14(22)5-3-13/h2-12H,1H3/b19-12+,24-21?. The first kappa shape index (κ1) is 18.5. The minimum atomic E-state index is -0.331. The monoisotopic (exact) mass is 412 g/mol. The van der Waals surface area contributed by atoms with Crippen molar-refractivity contribution in [1.29, 1.82) is 0 Å². The molecule has 0 atom stereocenters. The van der Waals surface area contributed by atoms with Crippen LogP contribution in [-0.4, -0.2) is 23.0 Å². The topological polar surface area (TPSA) is 45.8 Å². The molecule has 1 fully saturated rings. The van der Waals surface area contributed by atoms with E-state index in [2.05, 4.69) is 4.99 Å². The van der Waals surface area contributed by atoms with E-state index in [1.165, 1.54) is 28.8 Å². The molecule has 1 amide bonds. The molecule has 2 heterocycles. The first-order valence-electron chi connectivity index (χ1n) is 8.37. The van der Waals surface area contributed by atoms with Gasteiger partial charge in [-0.15, -0.1) is 0 Å². The molecule has 1 aliphatic rings. The van der Waals surface area contributed by atoms with E-state index in [9.17, 15) is 9.18 Å². The number of aliphatic imine (C=N–C) groups is 1. The number of likely N-dealkylation sites (N-methyl/N-ethyl adjacent to an activating group) is 1. The second-order valence-electron chi connectivity index (χ2n) is 6.05. The molecule has 28 heavy (non-hydrogen) atoms. The molecule has 2 aromatic carbocycles. The lowest BCUT2D eigenvalue weighted by molar-refractivity contribution is -0.121. The molecular formula is C21H14ClFN2O2S. The lowest BCUT2D eigenvalue weighted by Gasteiger charge is -2.06. The second kappa shape index (κ2) is 7.66. The fourth-order valence-corrected chi connectivity index (χ4v) is 3.70. The number of nitrogens with zero attached hydrogens (tertiary/aromatic N) is 2. The number of carbonyl (C=O) groups excluding carboxylic acids is 1. The molecule has 4 rings (SSSR count). The summed E-state index contributed by atoms with van der Waals surface area (Å²) in [7, 11) is 1.65. The molecule has 0 saturated carbocycles. The molecule has 4 nitrogen and oxygen atoms in total. The highest BCUT2D eigenvalue weighted by Gasteiger charge is 2.30. The number of rotatable bonds is 3. The number of amidine groups is 1. The Balaban J connectivity index is 1.57. The summed E-state index contributed by atoms with van der Waals surface area (Å²) in [5, 5.41) is 1.17. The van der Waals surface area contributed by atoms with Crippen LogP contribution in [0.15, 0.2) is 75.0 Å². The van der Waals surface area contributed by atoms with Crippen molar-refractivity contribution in [3.05, 3.63) is 82.2 Å². The number of hydrogen-bond acceptors (Lipinski definition) is 4. The van der Waals surface area contributed by atoms with E-state index < -0.39 is 0 Å². The fraction of sp³-hybridized carbons (Fsp3) is 0.0476. The van der Waals surface area contributed by atoms with Crippen LogP contribution in [0.4, 0.5) is 10.1 Å². The molecule has 7 heteroatoms. The Labute approximate surface area is 170 Å². The second-order valence-corrected chi connectivity index (χ2v) is 7.50. The number of thioether (sulfide) groups is 1. The van der Waals surface area contributed by atoms with Crippen LogP contribution in [-0.2, 0) is 4.79 Å². The minimum Gasteiger partial charge on any atom is -0.457 e.